The van der Waals surface area contributed by atoms with E-state index >= 15 is 0 Å². The number of amides is 1. The molecule has 1 heterocycles. The van der Waals surface area contributed by atoms with Gasteiger partial charge in [-0.2, -0.15) is 18.3 Å². The quantitative estimate of drug-likeness (QED) is 0.300. The van der Waals surface area contributed by atoms with Crippen molar-refractivity contribution in [3.05, 3.63) is 86.7 Å². The molecule has 0 saturated heterocycles. The molecule has 0 fully saturated rings. The van der Waals surface area contributed by atoms with E-state index in [1.807, 2.05) is 25.1 Å². The Kier molecular flexibility index (Phi) is 8.24. The van der Waals surface area contributed by atoms with Crippen LogP contribution in [-0.2, 0) is 27.0 Å². The second kappa shape index (κ2) is 11.0. The number of hydrogen-bond donors (Lipinski definition) is 1. The van der Waals surface area contributed by atoms with E-state index in [0.717, 1.165) is 23.4 Å². The van der Waals surface area contributed by atoms with Crippen molar-refractivity contribution >= 4 is 46.8 Å². The Morgan fingerprint density at radius 1 is 1.11 bits per heavy atom. The molecule has 1 amide bonds. The molecular formula is C24H20Cl2F3N3O3. The molecule has 35 heavy (non-hydrogen) atoms. The van der Waals surface area contributed by atoms with Crippen LogP contribution in [0.5, 0.6) is 0 Å². The van der Waals surface area contributed by atoms with Gasteiger partial charge in [0, 0.05) is 28.0 Å². The van der Waals surface area contributed by atoms with Crippen LogP contribution in [0.2, 0.25) is 10.0 Å². The Morgan fingerprint density at radius 2 is 1.83 bits per heavy atom. The van der Waals surface area contributed by atoms with Gasteiger partial charge in [0.15, 0.2) is 6.61 Å². The molecule has 2 aromatic carbocycles. The van der Waals surface area contributed by atoms with Crippen molar-refractivity contribution in [1.82, 2.24) is 9.78 Å². The van der Waals surface area contributed by atoms with Crippen molar-refractivity contribution in [1.29, 1.82) is 0 Å². The second-order valence-corrected chi connectivity index (χ2v) is 8.33. The topological polar surface area (TPSA) is 73.2 Å². The summed E-state index contributed by atoms with van der Waals surface area (Å²) in [5, 5.41) is 6.84. The Labute approximate surface area is 209 Å². The molecule has 0 spiro atoms. The number of aromatic nitrogens is 2. The molecule has 0 aliphatic rings. The van der Waals surface area contributed by atoms with E-state index in [0.29, 0.717) is 28.9 Å². The predicted octanol–water partition coefficient (Wildman–Crippen LogP) is 6.07. The standard InChI is InChI=1S/C24H20Cl2F3N3O3/c1-14-18(15(2)32(31-14)12-16-5-3-4-6-20(16)25)8-10-23(34)35-13-22(33)30-17-7-9-21(26)19(11-17)24(27,28)29/h3-11H,12-13H2,1-2H3,(H,30,33). The maximum Gasteiger partial charge on any atom is 0.417 e. The molecule has 0 aliphatic carbocycles. The van der Waals surface area contributed by atoms with Gasteiger partial charge in [-0.25, -0.2) is 4.79 Å². The first-order valence-electron chi connectivity index (χ1n) is 10.2. The highest BCUT2D eigenvalue weighted by molar-refractivity contribution is 6.31. The van der Waals surface area contributed by atoms with Crippen molar-refractivity contribution in [2.45, 2.75) is 26.6 Å². The summed E-state index contributed by atoms with van der Waals surface area (Å²) >= 11 is 11.8. The molecule has 0 bridgehead atoms. The van der Waals surface area contributed by atoms with Crippen LogP contribution in [0.25, 0.3) is 6.08 Å². The molecule has 0 aliphatic heterocycles. The molecule has 1 aromatic heterocycles. The number of esters is 1. The number of ether oxygens (including phenoxy) is 1. The lowest BCUT2D eigenvalue weighted by Gasteiger charge is -2.11. The van der Waals surface area contributed by atoms with Crippen LogP contribution in [0.3, 0.4) is 0 Å². The van der Waals surface area contributed by atoms with Gasteiger partial charge in [-0.3, -0.25) is 9.48 Å². The zero-order chi connectivity index (χ0) is 25.8. The molecule has 0 saturated carbocycles. The third-order valence-electron chi connectivity index (χ3n) is 5.00. The van der Waals surface area contributed by atoms with Crippen LogP contribution in [0.4, 0.5) is 18.9 Å². The van der Waals surface area contributed by atoms with Crippen LogP contribution in [0.1, 0.15) is 28.1 Å². The molecule has 6 nitrogen and oxygen atoms in total. The average molecular weight is 526 g/mol. The van der Waals surface area contributed by atoms with Gasteiger partial charge in [0.2, 0.25) is 0 Å². The second-order valence-electron chi connectivity index (χ2n) is 7.52. The van der Waals surface area contributed by atoms with E-state index in [4.69, 9.17) is 27.9 Å². The SMILES string of the molecule is Cc1nn(Cc2ccccc2Cl)c(C)c1C=CC(=O)OCC(=O)Nc1ccc(Cl)c(C(F)(F)F)c1. The minimum Gasteiger partial charge on any atom is -0.452 e. The summed E-state index contributed by atoms with van der Waals surface area (Å²) < 4.78 is 45.5. The number of alkyl halides is 3. The summed E-state index contributed by atoms with van der Waals surface area (Å²) in [7, 11) is 0. The number of anilines is 1. The monoisotopic (exact) mass is 525 g/mol. The fraction of sp³-hybridized carbons (Fsp3) is 0.208. The van der Waals surface area contributed by atoms with Gasteiger partial charge in [0.1, 0.15) is 0 Å². The normalized spacial score (nSPS) is 11.6. The lowest BCUT2D eigenvalue weighted by atomic mass is 10.1. The van der Waals surface area contributed by atoms with Gasteiger partial charge in [-0.15, -0.1) is 0 Å². The average Bonchev–Trinajstić information content (AvgIpc) is 3.05. The number of nitrogens with one attached hydrogen (secondary N) is 1. The number of carbonyl (C=O) groups is 2. The van der Waals surface area contributed by atoms with Gasteiger partial charge in [-0.1, -0.05) is 41.4 Å². The third kappa shape index (κ3) is 6.86. The Hall–Kier alpha value is -3.30. The number of nitrogens with zero attached hydrogens (tertiary/aromatic N) is 2. The molecule has 0 atom stereocenters. The molecule has 1 N–H and O–H groups in total. The van der Waals surface area contributed by atoms with Crippen LogP contribution in [-0.4, -0.2) is 28.3 Å². The zero-order valence-electron chi connectivity index (χ0n) is 18.6. The van der Waals surface area contributed by atoms with E-state index < -0.39 is 35.2 Å². The molecule has 184 valence electrons. The largest absolute Gasteiger partial charge is 0.452 e. The van der Waals surface area contributed by atoms with Gasteiger partial charge in [-0.05, 0) is 49.8 Å². The fourth-order valence-corrected chi connectivity index (χ4v) is 3.67. The Morgan fingerprint density at radius 3 is 2.51 bits per heavy atom. The Balaban J connectivity index is 1.59. The third-order valence-corrected chi connectivity index (χ3v) is 5.70. The summed E-state index contributed by atoms with van der Waals surface area (Å²) in [4.78, 5) is 24.1. The number of rotatable bonds is 7. The molecular weight excluding hydrogens is 506 g/mol. The highest BCUT2D eigenvalue weighted by Crippen LogP contribution is 2.36. The van der Waals surface area contributed by atoms with Gasteiger partial charge in [0.25, 0.3) is 5.91 Å². The summed E-state index contributed by atoms with van der Waals surface area (Å²) in [6.07, 6.45) is -2.00. The number of hydrogen-bond acceptors (Lipinski definition) is 4. The first-order chi connectivity index (χ1) is 16.5. The molecule has 0 radical (unpaired) electrons. The van der Waals surface area contributed by atoms with Crippen molar-refractivity contribution < 1.29 is 27.5 Å². The number of carbonyl (C=O) groups excluding carboxylic acids is 2. The summed E-state index contributed by atoms with van der Waals surface area (Å²) in [6.45, 7) is 3.40. The predicted molar refractivity (Wildman–Crippen MR) is 127 cm³/mol. The molecule has 0 unspecified atom stereocenters. The number of benzene rings is 2. The molecule has 3 aromatic rings. The first-order valence-corrected chi connectivity index (χ1v) is 11.0. The van der Waals surface area contributed by atoms with E-state index in [9.17, 15) is 22.8 Å². The van der Waals surface area contributed by atoms with E-state index in [-0.39, 0.29) is 5.69 Å². The molecule has 3 rings (SSSR count). The number of aryl methyl sites for hydroxylation is 1. The fourth-order valence-electron chi connectivity index (χ4n) is 3.25. The highest BCUT2D eigenvalue weighted by Gasteiger charge is 2.33. The lowest BCUT2D eigenvalue weighted by Crippen LogP contribution is -2.20. The van der Waals surface area contributed by atoms with Crippen molar-refractivity contribution in [2.24, 2.45) is 0 Å². The van der Waals surface area contributed by atoms with Crippen LogP contribution < -0.4 is 5.32 Å². The van der Waals surface area contributed by atoms with Crippen molar-refractivity contribution in [2.75, 3.05) is 11.9 Å². The maximum absolute atomic E-state index is 12.9. The van der Waals surface area contributed by atoms with Gasteiger partial charge >= 0.3 is 12.1 Å². The van der Waals surface area contributed by atoms with E-state index in [2.05, 4.69) is 10.4 Å². The van der Waals surface area contributed by atoms with E-state index in [1.165, 1.54) is 12.1 Å². The minimum atomic E-state index is -4.67. The van der Waals surface area contributed by atoms with Crippen LogP contribution in [0.15, 0.2) is 48.5 Å². The minimum absolute atomic E-state index is 0.129. The zero-order valence-corrected chi connectivity index (χ0v) is 20.1. The summed E-state index contributed by atoms with van der Waals surface area (Å²) in [5.41, 5.74) is 1.86. The van der Waals surface area contributed by atoms with Gasteiger partial charge in [0.05, 0.1) is 22.8 Å². The van der Waals surface area contributed by atoms with Crippen LogP contribution in [0, 0.1) is 13.8 Å². The van der Waals surface area contributed by atoms with E-state index in [1.54, 1.807) is 17.7 Å². The van der Waals surface area contributed by atoms with Crippen molar-refractivity contribution in [3.63, 3.8) is 0 Å². The molecule has 11 heteroatoms. The maximum atomic E-state index is 12.9. The summed E-state index contributed by atoms with van der Waals surface area (Å²) in [6, 6.07) is 10.3. The highest BCUT2D eigenvalue weighted by atomic mass is 35.5. The smallest absolute Gasteiger partial charge is 0.417 e. The van der Waals surface area contributed by atoms with Crippen LogP contribution >= 0.6 is 23.2 Å². The van der Waals surface area contributed by atoms with Crippen molar-refractivity contribution in [3.8, 4) is 0 Å². The number of halogens is 5. The summed E-state index contributed by atoms with van der Waals surface area (Å²) in [5.74, 6) is -1.60. The first kappa shape index (κ1) is 26.3. The Bertz CT molecular complexity index is 1290. The lowest BCUT2D eigenvalue weighted by molar-refractivity contribution is -0.142. The van der Waals surface area contributed by atoms with Gasteiger partial charge < -0.3 is 10.1 Å².